The highest BCUT2D eigenvalue weighted by Crippen LogP contribution is 2.19. The highest BCUT2D eigenvalue weighted by atomic mass is 19.4. The second-order valence-electron chi connectivity index (χ2n) is 5.63. The van der Waals surface area contributed by atoms with Crippen LogP contribution in [0.2, 0.25) is 0 Å². The van der Waals surface area contributed by atoms with Crippen molar-refractivity contribution in [1.82, 2.24) is 15.1 Å². The van der Waals surface area contributed by atoms with Gasteiger partial charge in [-0.2, -0.15) is 13.2 Å². The van der Waals surface area contributed by atoms with Gasteiger partial charge in [0.05, 0.1) is 6.54 Å². The lowest BCUT2D eigenvalue weighted by atomic mass is 10.1. The van der Waals surface area contributed by atoms with E-state index < -0.39 is 25.2 Å². The zero-order valence-electron chi connectivity index (χ0n) is 13.1. The molecule has 1 N–H and O–H groups in total. The Morgan fingerprint density at radius 1 is 1.27 bits per heavy atom. The van der Waals surface area contributed by atoms with E-state index in [0.717, 1.165) is 39.2 Å². The fourth-order valence-corrected chi connectivity index (χ4v) is 2.61. The van der Waals surface area contributed by atoms with Crippen molar-refractivity contribution in [2.45, 2.75) is 51.2 Å². The van der Waals surface area contributed by atoms with Crippen molar-refractivity contribution >= 4 is 11.9 Å². The molecular weight excluding hydrogens is 299 g/mol. The SMILES string of the molecule is CCC1CCCCCN1C(=O)NCC(=O)N(C)CC(F)(F)F. The van der Waals surface area contributed by atoms with Gasteiger partial charge >= 0.3 is 12.2 Å². The molecule has 0 aromatic heterocycles. The summed E-state index contributed by atoms with van der Waals surface area (Å²) in [5.74, 6) is -0.756. The second kappa shape index (κ2) is 8.24. The fraction of sp³-hybridized carbons (Fsp3) is 0.857. The number of rotatable bonds is 4. The van der Waals surface area contributed by atoms with E-state index in [4.69, 9.17) is 0 Å². The number of nitrogens with zero attached hydrogens (tertiary/aromatic N) is 2. The number of urea groups is 1. The molecule has 1 rings (SSSR count). The molecule has 0 aliphatic carbocycles. The molecule has 0 bridgehead atoms. The van der Waals surface area contributed by atoms with Crippen LogP contribution in [0.3, 0.4) is 0 Å². The average molecular weight is 323 g/mol. The van der Waals surface area contributed by atoms with Crippen molar-refractivity contribution in [2.24, 2.45) is 0 Å². The van der Waals surface area contributed by atoms with Crippen LogP contribution in [0, 0.1) is 0 Å². The van der Waals surface area contributed by atoms with Crippen LogP contribution in [-0.2, 0) is 4.79 Å². The Hall–Kier alpha value is -1.47. The van der Waals surface area contributed by atoms with E-state index in [1.165, 1.54) is 0 Å². The molecule has 5 nitrogen and oxygen atoms in total. The van der Waals surface area contributed by atoms with Crippen LogP contribution in [0.4, 0.5) is 18.0 Å². The molecule has 1 saturated heterocycles. The quantitative estimate of drug-likeness (QED) is 0.863. The van der Waals surface area contributed by atoms with E-state index in [9.17, 15) is 22.8 Å². The highest BCUT2D eigenvalue weighted by molar-refractivity contribution is 5.84. The molecule has 8 heteroatoms. The smallest absolute Gasteiger partial charge is 0.335 e. The Morgan fingerprint density at radius 3 is 2.55 bits per heavy atom. The number of hydrogen-bond acceptors (Lipinski definition) is 2. The number of likely N-dealkylation sites (N-methyl/N-ethyl adjacent to an activating group) is 1. The van der Waals surface area contributed by atoms with Gasteiger partial charge in [-0.15, -0.1) is 0 Å². The molecule has 3 amide bonds. The Morgan fingerprint density at radius 2 is 1.95 bits per heavy atom. The summed E-state index contributed by atoms with van der Waals surface area (Å²) in [6.45, 7) is 0.886. The third kappa shape index (κ3) is 6.11. The lowest BCUT2D eigenvalue weighted by Gasteiger charge is -2.29. The van der Waals surface area contributed by atoms with Crippen molar-refractivity contribution in [3.05, 3.63) is 0 Å². The van der Waals surface area contributed by atoms with Gasteiger partial charge in [-0.05, 0) is 19.3 Å². The second-order valence-corrected chi connectivity index (χ2v) is 5.63. The van der Waals surface area contributed by atoms with Gasteiger partial charge in [0.25, 0.3) is 0 Å². The number of nitrogens with one attached hydrogen (secondary N) is 1. The minimum absolute atomic E-state index is 0.130. The molecule has 1 atom stereocenters. The molecular formula is C14H24F3N3O2. The van der Waals surface area contributed by atoms with Gasteiger partial charge in [-0.1, -0.05) is 19.8 Å². The monoisotopic (exact) mass is 323 g/mol. The van der Waals surface area contributed by atoms with Crippen molar-refractivity contribution in [3.8, 4) is 0 Å². The summed E-state index contributed by atoms with van der Waals surface area (Å²) in [7, 11) is 1.07. The van der Waals surface area contributed by atoms with Gasteiger partial charge in [0.15, 0.2) is 0 Å². The highest BCUT2D eigenvalue weighted by Gasteiger charge is 2.31. The van der Waals surface area contributed by atoms with E-state index >= 15 is 0 Å². The first-order valence-corrected chi connectivity index (χ1v) is 7.59. The predicted molar refractivity (Wildman–Crippen MR) is 76.3 cm³/mol. The maximum absolute atomic E-state index is 12.2. The first-order valence-electron chi connectivity index (χ1n) is 7.59. The summed E-state index contributed by atoms with van der Waals surface area (Å²) in [6, 6.07) is -0.243. The molecule has 0 aromatic rings. The summed E-state index contributed by atoms with van der Waals surface area (Å²) in [5, 5.41) is 2.44. The van der Waals surface area contributed by atoms with Gasteiger partial charge in [0, 0.05) is 19.6 Å². The third-order valence-corrected chi connectivity index (χ3v) is 3.84. The van der Waals surface area contributed by atoms with E-state index in [0.29, 0.717) is 11.4 Å². The van der Waals surface area contributed by atoms with E-state index in [1.807, 2.05) is 6.92 Å². The van der Waals surface area contributed by atoms with Crippen LogP contribution in [0.5, 0.6) is 0 Å². The number of hydrogen-bond donors (Lipinski definition) is 1. The Labute approximate surface area is 128 Å². The first kappa shape index (κ1) is 18.6. The number of alkyl halides is 3. The molecule has 1 aliphatic rings. The topological polar surface area (TPSA) is 52.7 Å². The summed E-state index contributed by atoms with van der Waals surface area (Å²) in [6.07, 6.45) is 0.350. The van der Waals surface area contributed by atoms with Crippen LogP contribution in [0.15, 0.2) is 0 Å². The minimum atomic E-state index is -4.44. The van der Waals surface area contributed by atoms with E-state index in [1.54, 1.807) is 4.90 Å². The number of amides is 3. The van der Waals surface area contributed by atoms with E-state index in [-0.39, 0.29) is 12.1 Å². The van der Waals surface area contributed by atoms with Crippen LogP contribution in [0.1, 0.15) is 39.0 Å². The lowest BCUT2D eigenvalue weighted by molar-refractivity contribution is -0.157. The zero-order valence-corrected chi connectivity index (χ0v) is 13.1. The van der Waals surface area contributed by atoms with Gasteiger partial charge in [-0.3, -0.25) is 4.79 Å². The van der Waals surface area contributed by atoms with Crippen LogP contribution in [-0.4, -0.2) is 60.6 Å². The standard InChI is InChI=1S/C14H24F3N3O2/c1-3-11-7-5-4-6-8-20(11)13(22)18-9-12(21)19(2)10-14(15,16)17/h11H,3-10H2,1-2H3,(H,18,22). The maximum Gasteiger partial charge on any atom is 0.406 e. The molecule has 0 saturated carbocycles. The molecule has 1 heterocycles. The predicted octanol–water partition coefficient (Wildman–Crippen LogP) is 2.37. The summed E-state index contributed by atoms with van der Waals surface area (Å²) in [5.41, 5.74) is 0. The molecule has 1 fully saturated rings. The Balaban J connectivity index is 2.48. The van der Waals surface area contributed by atoms with Gasteiger partial charge in [0.2, 0.25) is 5.91 Å². The number of carbonyl (C=O) groups excluding carboxylic acids is 2. The first-order chi connectivity index (χ1) is 10.2. The van der Waals surface area contributed by atoms with Crippen LogP contribution >= 0.6 is 0 Å². The molecule has 128 valence electrons. The largest absolute Gasteiger partial charge is 0.406 e. The Bertz CT molecular complexity index is 388. The molecule has 0 spiro atoms. The van der Waals surface area contributed by atoms with Crippen LogP contribution in [0.25, 0.3) is 0 Å². The van der Waals surface area contributed by atoms with Crippen molar-refractivity contribution in [3.63, 3.8) is 0 Å². The van der Waals surface area contributed by atoms with Gasteiger partial charge in [-0.25, -0.2) is 4.79 Å². The maximum atomic E-state index is 12.2. The molecule has 1 aliphatic heterocycles. The average Bonchev–Trinajstić information content (AvgIpc) is 2.67. The normalized spacial score (nSPS) is 19.5. The number of carbonyl (C=O) groups is 2. The van der Waals surface area contributed by atoms with Crippen molar-refractivity contribution < 1.29 is 22.8 Å². The Kier molecular flexibility index (Phi) is 6.96. The van der Waals surface area contributed by atoms with E-state index in [2.05, 4.69) is 5.32 Å². The zero-order chi connectivity index (χ0) is 16.8. The van der Waals surface area contributed by atoms with Crippen LogP contribution < -0.4 is 5.32 Å². The number of halogens is 3. The number of likely N-dealkylation sites (tertiary alicyclic amines) is 1. The minimum Gasteiger partial charge on any atom is -0.335 e. The summed E-state index contributed by atoms with van der Waals surface area (Å²) >= 11 is 0. The summed E-state index contributed by atoms with van der Waals surface area (Å²) in [4.78, 5) is 26.0. The lowest BCUT2D eigenvalue weighted by Crippen LogP contribution is -2.49. The van der Waals surface area contributed by atoms with Crippen molar-refractivity contribution in [2.75, 3.05) is 26.7 Å². The molecule has 22 heavy (non-hydrogen) atoms. The fourth-order valence-electron chi connectivity index (χ4n) is 2.61. The molecule has 1 unspecified atom stereocenters. The van der Waals surface area contributed by atoms with Gasteiger partial charge in [0.1, 0.15) is 6.54 Å². The third-order valence-electron chi connectivity index (χ3n) is 3.84. The summed E-state index contributed by atoms with van der Waals surface area (Å²) < 4.78 is 36.6. The van der Waals surface area contributed by atoms with Crippen molar-refractivity contribution in [1.29, 1.82) is 0 Å². The van der Waals surface area contributed by atoms with Gasteiger partial charge < -0.3 is 15.1 Å². The molecule has 0 aromatic carbocycles. The molecule has 0 radical (unpaired) electrons.